The van der Waals surface area contributed by atoms with Crippen molar-refractivity contribution in [3.63, 3.8) is 0 Å². The molecule has 5 heteroatoms. The van der Waals surface area contributed by atoms with Gasteiger partial charge in [0, 0.05) is 17.9 Å². The summed E-state index contributed by atoms with van der Waals surface area (Å²) in [7, 11) is 0. The maximum atomic E-state index is 8.66. The number of benzene rings is 1. The van der Waals surface area contributed by atoms with Crippen LogP contribution in [-0.4, -0.2) is 16.1 Å². The van der Waals surface area contributed by atoms with E-state index >= 15 is 0 Å². The standard InChI is InChI=1S/C11H8ClN3O/c12-6-5-10-14-15-11(16-10)9-3-1-8(7-13)2-4-9/h1-4H,5-6H2. The van der Waals surface area contributed by atoms with E-state index in [1.807, 2.05) is 6.07 Å². The third kappa shape index (κ3) is 2.20. The van der Waals surface area contributed by atoms with Gasteiger partial charge in [-0.05, 0) is 24.3 Å². The molecule has 2 aromatic rings. The van der Waals surface area contributed by atoms with Crippen molar-refractivity contribution < 1.29 is 4.42 Å². The molecule has 0 aliphatic rings. The highest BCUT2D eigenvalue weighted by atomic mass is 35.5. The summed E-state index contributed by atoms with van der Waals surface area (Å²) in [6.07, 6.45) is 0.560. The summed E-state index contributed by atoms with van der Waals surface area (Å²) >= 11 is 5.57. The number of hydrogen-bond donors (Lipinski definition) is 0. The van der Waals surface area contributed by atoms with Gasteiger partial charge in [-0.3, -0.25) is 0 Å². The van der Waals surface area contributed by atoms with Crippen LogP contribution in [0, 0.1) is 11.3 Å². The van der Waals surface area contributed by atoms with Gasteiger partial charge in [-0.1, -0.05) is 0 Å². The maximum absolute atomic E-state index is 8.66. The summed E-state index contributed by atoms with van der Waals surface area (Å²) < 4.78 is 5.39. The van der Waals surface area contributed by atoms with Crippen LogP contribution < -0.4 is 0 Å². The van der Waals surface area contributed by atoms with E-state index in [1.54, 1.807) is 24.3 Å². The largest absolute Gasteiger partial charge is 0.421 e. The molecule has 0 amide bonds. The Morgan fingerprint density at radius 1 is 1.25 bits per heavy atom. The molecule has 2 rings (SSSR count). The molecule has 0 aliphatic heterocycles. The molecule has 0 bridgehead atoms. The molecule has 0 saturated heterocycles. The molecule has 1 heterocycles. The van der Waals surface area contributed by atoms with Gasteiger partial charge in [0.2, 0.25) is 11.8 Å². The van der Waals surface area contributed by atoms with Crippen molar-refractivity contribution in [2.75, 3.05) is 5.88 Å². The summed E-state index contributed by atoms with van der Waals surface area (Å²) in [4.78, 5) is 0. The Morgan fingerprint density at radius 3 is 2.62 bits per heavy atom. The molecule has 0 spiro atoms. The van der Waals surface area contributed by atoms with Crippen LogP contribution in [0.25, 0.3) is 11.5 Å². The normalized spacial score (nSPS) is 10.0. The fourth-order valence-electron chi connectivity index (χ4n) is 1.24. The Balaban J connectivity index is 2.25. The van der Waals surface area contributed by atoms with Gasteiger partial charge in [-0.2, -0.15) is 5.26 Å². The summed E-state index contributed by atoms with van der Waals surface area (Å²) in [5.41, 5.74) is 1.40. The quantitative estimate of drug-likeness (QED) is 0.764. The van der Waals surface area contributed by atoms with Crippen LogP contribution in [-0.2, 0) is 6.42 Å². The van der Waals surface area contributed by atoms with Crippen molar-refractivity contribution in [1.82, 2.24) is 10.2 Å². The fourth-order valence-corrected chi connectivity index (χ4v) is 1.40. The molecule has 0 saturated carbocycles. The van der Waals surface area contributed by atoms with E-state index in [-0.39, 0.29) is 0 Å². The number of nitrogens with zero attached hydrogens (tertiary/aromatic N) is 3. The minimum absolute atomic E-state index is 0.449. The predicted octanol–water partition coefficient (Wildman–Crippen LogP) is 2.39. The van der Waals surface area contributed by atoms with Crippen LogP contribution in [0.5, 0.6) is 0 Å². The first-order valence-electron chi connectivity index (χ1n) is 4.72. The molecule has 0 radical (unpaired) electrons. The first kappa shape index (κ1) is 10.7. The monoisotopic (exact) mass is 233 g/mol. The van der Waals surface area contributed by atoms with Crippen LogP contribution in [0.4, 0.5) is 0 Å². The molecule has 0 aliphatic carbocycles. The molecule has 1 aromatic heterocycles. The van der Waals surface area contributed by atoms with E-state index in [9.17, 15) is 0 Å². The third-order valence-electron chi connectivity index (χ3n) is 2.04. The smallest absolute Gasteiger partial charge is 0.247 e. The summed E-state index contributed by atoms with van der Waals surface area (Å²) in [5, 5.41) is 16.4. The van der Waals surface area contributed by atoms with Crippen LogP contribution >= 0.6 is 11.6 Å². The SMILES string of the molecule is N#Cc1ccc(-c2nnc(CCCl)o2)cc1. The molecule has 0 fully saturated rings. The molecule has 80 valence electrons. The number of halogens is 1. The molecule has 16 heavy (non-hydrogen) atoms. The average molecular weight is 234 g/mol. The summed E-state index contributed by atoms with van der Waals surface area (Å²) in [6, 6.07) is 9.01. The number of nitriles is 1. The molecular weight excluding hydrogens is 226 g/mol. The molecule has 0 atom stereocenters. The van der Waals surface area contributed by atoms with Gasteiger partial charge in [-0.15, -0.1) is 21.8 Å². The molecular formula is C11H8ClN3O. The van der Waals surface area contributed by atoms with Crippen LogP contribution in [0.2, 0.25) is 0 Å². The van der Waals surface area contributed by atoms with Gasteiger partial charge in [0.1, 0.15) is 0 Å². The van der Waals surface area contributed by atoms with Gasteiger partial charge < -0.3 is 4.42 Å². The zero-order valence-corrected chi connectivity index (χ0v) is 9.11. The van der Waals surface area contributed by atoms with Crippen LogP contribution in [0.15, 0.2) is 28.7 Å². The van der Waals surface area contributed by atoms with Gasteiger partial charge in [-0.25, -0.2) is 0 Å². The number of rotatable bonds is 3. The van der Waals surface area contributed by atoms with Crippen molar-refractivity contribution in [3.05, 3.63) is 35.7 Å². The van der Waals surface area contributed by atoms with E-state index in [2.05, 4.69) is 10.2 Å². The lowest BCUT2D eigenvalue weighted by molar-refractivity contribution is 0.513. The Kier molecular flexibility index (Phi) is 3.18. The van der Waals surface area contributed by atoms with Gasteiger partial charge in [0.15, 0.2) is 0 Å². The van der Waals surface area contributed by atoms with E-state index in [0.29, 0.717) is 29.6 Å². The van der Waals surface area contributed by atoms with E-state index in [4.69, 9.17) is 21.3 Å². The molecule has 4 nitrogen and oxygen atoms in total. The topological polar surface area (TPSA) is 62.7 Å². The highest BCUT2D eigenvalue weighted by Gasteiger charge is 2.07. The Bertz CT molecular complexity index is 513. The minimum Gasteiger partial charge on any atom is -0.421 e. The Hall–Kier alpha value is -1.86. The number of aryl methyl sites for hydroxylation is 1. The zero-order chi connectivity index (χ0) is 11.4. The number of aromatic nitrogens is 2. The van der Waals surface area contributed by atoms with E-state index < -0.39 is 0 Å². The first-order chi connectivity index (χ1) is 7.83. The Morgan fingerprint density at radius 2 is 2.00 bits per heavy atom. The highest BCUT2D eigenvalue weighted by molar-refractivity contribution is 6.17. The van der Waals surface area contributed by atoms with Gasteiger partial charge in [0.05, 0.1) is 11.6 Å². The number of alkyl halides is 1. The third-order valence-corrected chi connectivity index (χ3v) is 2.23. The predicted molar refractivity (Wildman–Crippen MR) is 58.9 cm³/mol. The van der Waals surface area contributed by atoms with E-state index in [0.717, 1.165) is 5.56 Å². The van der Waals surface area contributed by atoms with E-state index in [1.165, 1.54) is 0 Å². The summed E-state index contributed by atoms with van der Waals surface area (Å²) in [5.74, 6) is 1.42. The van der Waals surface area contributed by atoms with Crippen molar-refractivity contribution >= 4 is 11.6 Å². The molecule has 0 unspecified atom stereocenters. The lowest BCUT2D eigenvalue weighted by Crippen LogP contribution is -1.84. The Labute approximate surface area is 97.5 Å². The zero-order valence-electron chi connectivity index (χ0n) is 8.35. The maximum Gasteiger partial charge on any atom is 0.247 e. The first-order valence-corrected chi connectivity index (χ1v) is 5.26. The second-order valence-corrected chi connectivity index (χ2v) is 3.51. The average Bonchev–Trinajstić information content (AvgIpc) is 2.78. The number of hydrogen-bond acceptors (Lipinski definition) is 4. The molecule has 1 aromatic carbocycles. The molecule has 0 N–H and O–H groups in total. The van der Waals surface area contributed by atoms with Crippen molar-refractivity contribution in [2.24, 2.45) is 0 Å². The van der Waals surface area contributed by atoms with Crippen LogP contribution in [0.1, 0.15) is 11.5 Å². The lowest BCUT2D eigenvalue weighted by atomic mass is 10.1. The second-order valence-electron chi connectivity index (χ2n) is 3.13. The van der Waals surface area contributed by atoms with Crippen LogP contribution in [0.3, 0.4) is 0 Å². The summed E-state index contributed by atoms with van der Waals surface area (Å²) in [6.45, 7) is 0. The van der Waals surface area contributed by atoms with Gasteiger partial charge >= 0.3 is 0 Å². The van der Waals surface area contributed by atoms with Crippen molar-refractivity contribution in [1.29, 1.82) is 5.26 Å². The fraction of sp³-hybridized carbons (Fsp3) is 0.182. The lowest BCUT2D eigenvalue weighted by Gasteiger charge is -1.93. The second kappa shape index (κ2) is 4.77. The van der Waals surface area contributed by atoms with Crippen molar-refractivity contribution in [3.8, 4) is 17.5 Å². The highest BCUT2D eigenvalue weighted by Crippen LogP contribution is 2.18. The minimum atomic E-state index is 0.449. The van der Waals surface area contributed by atoms with Gasteiger partial charge in [0.25, 0.3) is 0 Å². The van der Waals surface area contributed by atoms with Crippen molar-refractivity contribution in [2.45, 2.75) is 6.42 Å².